The van der Waals surface area contributed by atoms with Gasteiger partial charge in [-0.1, -0.05) is 12.7 Å². The van der Waals surface area contributed by atoms with E-state index >= 15 is 0 Å². The molecule has 0 saturated carbocycles. The monoisotopic (exact) mass is 239 g/mol. The first-order valence-electron chi connectivity index (χ1n) is 5.52. The minimum Gasteiger partial charge on any atom is -0.463 e. The quantitative estimate of drug-likeness (QED) is 0.551. The molecule has 1 amide bonds. The van der Waals surface area contributed by atoms with Crippen LogP contribution in [0.1, 0.15) is 13.8 Å². The maximum absolute atomic E-state index is 11.6. The Hall–Kier alpha value is -1.78. The van der Waals surface area contributed by atoms with E-state index in [1.807, 2.05) is 6.92 Å². The lowest BCUT2D eigenvalue weighted by atomic mass is 10.2. The topological polar surface area (TPSA) is 55.8 Å². The molecule has 0 N–H and O–H groups in total. The number of amides is 1. The molecule has 17 heavy (non-hydrogen) atoms. The van der Waals surface area contributed by atoms with Gasteiger partial charge in [0, 0.05) is 0 Å². The third kappa shape index (κ3) is 3.34. The van der Waals surface area contributed by atoms with Crippen LogP contribution in [0.25, 0.3) is 0 Å². The largest absolute Gasteiger partial charge is 0.463 e. The molecule has 1 atom stereocenters. The molecule has 0 saturated heterocycles. The van der Waals surface area contributed by atoms with E-state index in [0.717, 1.165) is 0 Å². The Morgan fingerprint density at radius 3 is 2.88 bits per heavy atom. The fourth-order valence-electron chi connectivity index (χ4n) is 1.56. The fourth-order valence-corrected chi connectivity index (χ4v) is 1.56. The lowest BCUT2D eigenvalue weighted by Crippen LogP contribution is -2.35. The zero-order valence-electron chi connectivity index (χ0n) is 10.1. The average molecular weight is 239 g/mol. The summed E-state index contributed by atoms with van der Waals surface area (Å²) in [6.07, 6.45) is 2.76. The van der Waals surface area contributed by atoms with Gasteiger partial charge in [0.05, 0.1) is 24.8 Å². The third-order valence-corrected chi connectivity index (χ3v) is 2.37. The normalized spacial score (nSPS) is 18.6. The van der Waals surface area contributed by atoms with E-state index in [-0.39, 0.29) is 25.2 Å². The molecule has 0 aromatic rings. The summed E-state index contributed by atoms with van der Waals surface area (Å²) in [4.78, 5) is 24.6. The SMILES string of the molecule is C=CCOC(=O)N1CC(C(=O)OCC)=CC1C. The predicted molar refractivity (Wildman–Crippen MR) is 62.4 cm³/mol. The van der Waals surface area contributed by atoms with Gasteiger partial charge in [-0.2, -0.15) is 0 Å². The van der Waals surface area contributed by atoms with Crippen molar-refractivity contribution < 1.29 is 19.1 Å². The standard InChI is InChI=1S/C12H17NO4/c1-4-6-17-12(15)13-8-10(7-9(13)3)11(14)16-5-2/h4,7,9H,1,5-6,8H2,2-3H3. The van der Waals surface area contributed by atoms with E-state index in [4.69, 9.17) is 9.47 Å². The van der Waals surface area contributed by atoms with Gasteiger partial charge < -0.3 is 9.47 Å². The van der Waals surface area contributed by atoms with Gasteiger partial charge in [0.1, 0.15) is 6.61 Å². The molecule has 1 rings (SSSR count). The molecule has 5 heteroatoms. The van der Waals surface area contributed by atoms with Gasteiger partial charge in [-0.3, -0.25) is 4.90 Å². The van der Waals surface area contributed by atoms with E-state index in [0.29, 0.717) is 12.2 Å². The summed E-state index contributed by atoms with van der Waals surface area (Å²) < 4.78 is 9.80. The lowest BCUT2D eigenvalue weighted by Gasteiger charge is -2.20. The van der Waals surface area contributed by atoms with E-state index in [9.17, 15) is 9.59 Å². The molecule has 0 spiro atoms. The highest BCUT2D eigenvalue weighted by atomic mass is 16.6. The van der Waals surface area contributed by atoms with Gasteiger partial charge in [-0.15, -0.1) is 0 Å². The van der Waals surface area contributed by atoms with Crippen LogP contribution in [0.2, 0.25) is 0 Å². The number of carbonyl (C=O) groups is 2. The van der Waals surface area contributed by atoms with Crippen molar-refractivity contribution in [1.29, 1.82) is 0 Å². The highest BCUT2D eigenvalue weighted by molar-refractivity contribution is 5.91. The van der Waals surface area contributed by atoms with Crippen LogP contribution in [-0.4, -0.2) is 42.8 Å². The summed E-state index contributed by atoms with van der Waals surface area (Å²) in [5.41, 5.74) is 0.495. The summed E-state index contributed by atoms with van der Waals surface area (Å²) in [7, 11) is 0. The molecule has 1 aliphatic rings. The van der Waals surface area contributed by atoms with Crippen LogP contribution in [0.3, 0.4) is 0 Å². The highest BCUT2D eigenvalue weighted by Crippen LogP contribution is 2.18. The van der Waals surface area contributed by atoms with Gasteiger partial charge in [-0.05, 0) is 19.9 Å². The minimum absolute atomic E-state index is 0.160. The van der Waals surface area contributed by atoms with Crippen molar-refractivity contribution in [3.63, 3.8) is 0 Å². The second kappa shape index (κ2) is 6.08. The van der Waals surface area contributed by atoms with E-state index in [1.165, 1.54) is 11.0 Å². The molecule has 0 aliphatic carbocycles. The van der Waals surface area contributed by atoms with E-state index < -0.39 is 6.09 Å². The van der Waals surface area contributed by atoms with Crippen LogP contribution < -0.4 is 0 Å². The maximum atomic E-state index is 11.6. The first kappa shape index (κ1) is 13.3. The summed E-state index contributed by atoms with van der Waals surface area (Å²) in [6.45, 7) is 7.75. The summed E-state index contributed by atoms with van der Waals surface area (Å²) in [5, 5.41) is 0. The molecule has 0 radical (unpaired) electrons. The number of nitrogens with zero attached hydrogens (tertiary/aromatic N) is 1. The van der Waals surface area contributed by atoms with Crippen LogP contribution in [0, 0.1) is 0 Å². The molecular formula is C12H17NO4. The molecule has 1 heterocycles. The smallest absolute Gasteiger partial charge is 0.410 e. The first-order valence-corrected chi connectivity index (χ1v) is 5.52. The number of hydrogen-bond acceptors (Lipinski definition) is 4. The van der Waals surface area contributed by atoms with Crippen molar-refractivity contribution >= 4 is 12.1 Å². The number of hydrogen-bond donors (Lipinski definition) is 0. The van der Waals surface area contributed by atoms with Gasteiger partial charge in [0.25, 0.3) is 0 Å². The van der Waals surface area contributed by atoms with Gasteiger partial charge >= 0.3 is 12.1 Å². The molecule has 5 nitrogen and oxygen atoms in total. The van der Waals surface area contributed by atoms with Crippen molar-refractivity contribution in [3.8, 4) is 0 Å². The Morgan fingerprint density at radius 2 is 2.29 bits per heavy atom. The van der Waals surface area contributed by atoms with Crippen molar-refractivity contribution in [1.82, 2.24) is 4.90 Å². The molecule has 0 fully saturated rings. The highest BCUT2D eigenvalue weighted by Gasteiger charge is 2.30. The average Bonchev–Trinajstić information content (AvgIpc) is 2.68. The zero-order chi connectivity index (χ0) is 12.8. The molecule has 0 aromatic carbocycles. The van der Waals surface area contributed by atoms with Crippen LogP contribution in [-0.2, 0) is 14.3 Å². The minimum atomic E-state index is -0.451. The Morgan fingerprint density at radius 1 is 1.59 bits per heavy atom. The maximum Gasteiger partial charge on any atom is 0.410 e. The fraction of sp³-hybridized carbons (Fsp3) is 0.500. The van der Waals surface area contributed by atoms with E-state index in [2.05, 4.69) is 6.58 Å². The molecular weight excluding hydrogens is 222 g/mol. The third-order valence-electron chi connectivity index (χ3n) is 2.37. The molecule has 1 unspecified atom stereocenters. The number of ether oxygens (including phenoxy) is 2. The van der Waals surface area contributed by atoms with Crippen molar-refractivity contribution in [2.75, 3.05) is 19.8 Å². The first-order chi connectivity index (χ1) is 8.10. The molecule has 0 bridgehead atoms. The molecule has 1 aliphatic heterocycles. The van der Waals surface area contributed by atoms with Crippen LogP contribution in [0.5, 0.6) is 0 Å². The Labute approximate surface area is 101 Å². The summed E-state index contributed by atoms with van der Waals surface area (Å²) in [5.74, 6) is -0.377. The Bertz CT molecular complexity index is 348. The van der Waals surface area contributed by atoms with Crippen LogP contribution in [0.4, 0.5) is 4.79 Å². The molecule has 94 valence electrons. The number of rotatable bonds is 4. The van der Waals surface area contributed by atoms with Crippen LogP contribution >= 0.6 is 0 Å². The lowest BCUT2D eigenvalue weighted by molar-refractivity contribution is -0.138. The van der Waals surface area contributed by atoms with Gasteiger partial charge in [-0.25, -0.2) is 9.59 Å². The molecule has 0 aromatic heterocycles. The number of carbonyl (C=O) groups excluding carboxylic acids is 2. The van der Waals surface area contributed by atoms with E-state index in [1.54, 1.807) is 13.0 Å². The summed E-state index contributed by atoms with van der Waals surface area (Å²) in [6, 6.07) is -0.160. The summed E-state index contributed by atoms with van der Waals surface area (Å²) >= 11 is 0. The Balaban J connectivity index is 2.56. The zero-order valence-corrected chi connectivity index (χ0v) is 10.1. The van der Waals surface area contributed by atoms with Gasteiger partial charge in [0.2, 0.25) is 0 Å². The van der Waals surface area contributed by atoms with Gasteiger partial charge in [0.15, 0.2) is 0 Å². The second-order valence-corrected chi connectivity index (χ2v) is 3.65. The Kier molecular flexibility index (Phi) is 4.75. The van der Waals surface area contributed by atoms with Crippen molar-refractivity contribution in [3.05, 3.63) is 24.3 Å². The van der Waals surface area contributed by atoms with Crippen LogP contribution in [0.15, 0.2) is 24.3 Å². The number of esters is 1. The second-order valence-electron chi connectivity index (χ2n) is 3.65. The van der Waals surface area contributed by atoms with Crippen molar-refractivity contribution in [2.45, 2.75) is 19.9 Å². The van der Waals surface area contributed by atoms with Crippen molar-refractivity contribution in [2.24, 2.45) is 0 Å². The predicted octanol–water partition coefficient (Wildman–Crippen LogP) is 1.50.